The molecule has 2 heterocycles. The quantitative estimate of drug-likeness (QED) is 0.551. The molecule has 23 heavy (non-hydrogen) atoms. The van der Waals surface area contributed by atoms with Crippen LogP contribution in [0.1, 0.15) is 11.6 Å². The summed E-state index contributed by atoms with van der Waals surface area (Å²) >= 11 is 0. The third kappa shape index (κ3) is 2.69. The number of nitro groups is 1. The van der Waals surface area contributed by atoms with Crippen LogP contribution in [0, 0.1) is 10.1 Å². The third-order valence-electron chi connectivity index (χ3n) is 3.38. The molecule has 0 aliphatic rings. The summed E-state index contributed by atoms with van der Waals surface area (Å²) in [5.41, 5.74) is 6.44. The Balaban J connectivity index is 2.07. The second kappa shape index (κ2) is 5.76. The number of rotatable bonds is 5. The number of aromatic nitrogens is 2. The summed E-state index contributed by atoms with van der Waals surface area (Å²) < 4.78 is 1.34. The average molecular weight is 311 g/mol. The van der Waals surface area contributed by atoms with E-state index in [1.54, 1.807) is 48.5 Å². The van der Waals surface area contributed by atoms with Crippen molar-refractivity contribution in [2.75, 3.05) is 5.32 Å². The Morgan fingerprint density at radius 1 is 1.22 bits per heavy atom. The number of hydrogen-bond acceptors (Lipinski definition) is 5. The van der Waals surface area contributed by atoms with Gasteiger partial charge < -0.3 is 21.2 Å². The number of pyridine rings is 1. The summed E-state index contributed by atoms with van der Waals surface area (Å²) in [4.78, 5) is 26.8. The molecule has 0 saturated carbocycles. The van der Waals surface area contributed by atoms with Gasteiger partial charge in [0.05, 0.1) is 6.20 Å². The van der Waals surface area contributed by atoms with Crippen molar-refractivity contribution in [3.05, 3.63) is 70.4 Å². The molecule has 1 atom stereocenters. The lowest BCUT2D eigenvalue weighted by molar-refractivity contribution is -0.389. The van der Waals surface area contributed by atoms with Gasteiger partial charge in [-0.15, -0.1) is 0 Å². The van der Waals surface area contributed by atoms with E-state index in [4.69, 9.17) is 5.73 Å². The molecular formula is C15H13N5O3. The lowest BCUT2D eigenvalue weighted by atomic mass is 10.1. The van der Waals surface area contributed by atoms with E-state index in [2.05, 4.69) is 10.3 Å². The second-order valence-corrected chi connectivity index (χ2v) is 4.86. The molecule has 3 aromatic rings. The van der Waals surface area contributed by atoms with E-state index >= 15 is 0 Å². The summed E-state index contributed by atoms with van der Waals surface area (Å²) in [6.07, 6.45) is 1.54. The Bertz CT molecular complexity index is 875. The number of imidazole rings is 1. The van der Waals surface area contributed by atoms with Gasteiger partial charge in [0.15, 0.2) is 0 Å². The number of primary amides is 1. The monoisotopic (exact) mass is 311 g/mol. The Morgan fingerprint density at radius 3 is 2.57 bits per heavy atom. The van der Waals surface area contributed by atoms with Crippen molar-refractivity contribution >= 4 is 23.2 Å². The van der Waals surface area contributed by atoms with Crippen LogP contribution in [0.25, 0.3) is 5.65 Å². The molecule has 1 amide bonds. The van der Waals surface area contributed by atoms with Gasteiger partial charge in [0.25, 0.3) is 0 Å². The van der Waals surface area contributed by atoms with Crippen molar-refractivity contribution in [2.45, 2.75) is 6.04 Å². The maximum Gasteiger partial charge on any atom is 0.372 e. The Morgan fingerprint density at radius 2 is 1.91 bits per heavy atom. The van der Waals surface area contributed by atoms with E-state index in [9.17, 15) is 14.9 Å². The molecule has 0 aliphatic heterocycles. The Labute approximate surface area is 130 Å². The first-order chi connectivity index (χ1) is 11.1. The van der Waals surface area contributed by atoms with Gasteiger partial charge in [-0.25, -0.2) is 0 Å². The molecule has 8 nitrogen and oxygen atoms in total. The fraction of sp³-hybridized carbons (Fsp3) is 0.0667. The van der Waals surface area contributed by atoms with E-state index in [-0.39, 0.29) is 11.6 Å². The number of benzene rings is 1. The molecule has 0 aliphatic carbocycles. The lowest BCUT2D eigenvalue weighted by Gasteiger charge is -2.14. The molecule has 0 bridgehead atoms. The molecule has 8 heteroatoms. The van der Waals surface area contributed by atoms with Gasteiger partial charge in [-0.1, -0.05) is 36.4 Å². The van der Waals surface area contributed by atoms with Gasteiger partial charge in [-0.05, 0) is 16.6 Å². The van der Waals surface area contributed by atoms with Gasteiger partial charge >= 0.3 is 5.82 Å². The highest BCUT2D eigenvalue weighted by Crippen LogP contribution is 2.28. The van der Waals surface area contributed by atoms with Gasteiger partial charge in [0.1, 0.15) is 6.04 Å². The maximum atomic E-state index is 11.8. The fourth-order valence-electron chi connectivity index (χ4n) is 2.36. The van der Waals surface area contributed by atoms with Crippen LogP contribution in [0.15, 0.2) is 54.7 Å². The topological polar surface area (TPSA) is 116 Å². The van der Waals surface area contributed by atoms with Gasteiger partial charge in [0, 0.05) is 6.07 Å². The zero-order chi connectivity index (χ0) is 16.4. The lowest BCUT2D eigenvalue weighted by Crippen LogP contribution is -2.28. The predicted molar refractivity (Wildman–Crippen MR) is 83.8 cm³/mol. The predicted octanol–water partition coefficient (Wildman–Crippen LogP) is 1.88. The van der Waals surface area contributed by atoms with Crippen molar-refractivity contribution in [1.29, 1.82) is 0 Å². The SMILES string of the molecule is NC(=O)C(Nc1nc2ccccn2c1[N+](=O)[O-])c1ccccc1. The highest BCUT2D eigenvalue weighted by molar-refractivity contribution is 5.85. The minimum atomic E-state index is -0.917. The number of hydrogen-bond donors (Lipinski definition) is 2. The van der Waals surface area contributed by atoms with Crippen LogP contribution in [-0.4, -0.2) is 20.2 Å². The van der Waals surface area contributed by atoms with E-state index in [1.165, 1.54) is 10.6 Å². The zero-order valence-corrected chi connectivity index (χ0v) is 11.9. The standard InChI is InChI=1S/C15H13N5O3/c16-13(21)12(10-6-2-1-3-7-10)18-14-15(20(22)23)19-9-5-4-8-11(19)17-14/h1-9,12,18H,(H2,16,21). The molecule has 0 spiro atoms. The van der Waals surface area contributed by atoms with Crippen molar-refractivity contribution < 1.29 is 9.72 Å². The summed E-state index contributed by atoms with van der Waals surface area (Å²) in [5, 5.41) is 14.2. The number of nitrogens with two attached hydrogens (primary N) is 1. The number of fused-ring (bicyclic) bond motifs is 1. The first-order valence-electron chi connectivity index (χ1n) is 6.80. The molecule has 0 saturated heterocycles. The van der Waals surface area contributed by atoms with Crippen molar-refractivity contribution in [3.8, 4) is 0 Å². The first-order valence-corrected chi connectivity index (χ1v) is 6.80. The Kier molecular flexibility index (Phi) is 3.63. The summed E-state index contributed by atoms with van der Waals surface area (Å²) in [7, 11) is 0. The van der Waals surface area contributed by atoms with E-state index in [0.29, 0.717) is 11.2 Å². The van der Waals surface area contributed by atoms with Crippen LogP contribution < -0.4 is 11.1 Å². The molecule has 3 rings (SSSR count). The van der Waals surface area contributed by atoms with Crippen LogP contribution in [0.5, 0.6) is 0 Å². The largest absolute Gasteiger partial charge is 0.372 e. The van der Waals surface area contributed by atoms with E-state index in [1.807, 2.05) is 0 Å². The summed E-state index contributed by atoms with van der Waals surface area (Å²) in [6, 6.07) is 12.8. The summed E-state index contributed by atoms with van der Waals surface area (Å²) in [5.74, 6) is -0.904. The minimum Gasteiger partial charge on any atom is -0.368 e. The number of amides is 1. The molecule has 0 radical (unpaired) electrons. The van der Waals surface area contributed by atoms with Gasteiger partial charge in [-0.3, -0.25) is 4.79 Å². The zero-order valence-electron chi connectivity index (χ0n) is 11.9. The highest BCUT2D eigenvalue weighted by atomic mass is 16.6. The van der Waals surface area contributed by atoms with Crippen molar-refractivity contribution in [3.63, 3.8) is 0 Å². The van der Waals surface area contributed by atoms with Crippen LogP contribution in [-0.2, 0) is 4.79 Å². The number of nitrogens with one attached hydrogen (secondary N) is 1. The van der Waals surface area contributed by atoms with E-state index in [0.717, 1.165) is 0 Å². The van der Waals surface area contributed by atoms with Gasteiger partial charge in [0.2, 0.25) is 17.4 Å². The minimum absolute atomic E-state index is 0.00569. The fourth-order valence-corrected chi connectivity index (χ4v) is 2.36. The number of carbonyl (C=O) groups is 1. The van der Waals surface area contributed by atoms with Gasteiger partial charge in [-0.2, -0.15) is 9.38 Å². The Hall–Kier alpha value is -3.42. The number of nitrogens with zero attached hydrogens (tertiary/aromatic N) is 3. The highest BCUT2D eigenvalue weighted by Gasteiger charge is 2.27. The maximum absolute atomic E-state index is 11.8. The summed E-state index contributed by atoms with van der Waals surface area (Å²) in [6.45, 7) is 0. The van der Waals surface area contributed by atoms with Crippen LogP contribution in [0.2, 0.25) is 0 Å². The van der Waals surface area contributed by atoms with Crippen LogP contribution in [0.4, 0.5) is 11.6 Å². The molecule has 2 aromatic heterocycles. The normalized spacial score (nSPS) is 12.0. The first kappa shape index (κ1) is 14.5. The third-order valence-corrected chi connectivity index (χ3v) is 3.38. The van der Waals surface area contributed by atoms with E-state index < -0.39 is 16.9 Å². The molecule has 3 N–H and O–H groups in total. The van der Waals surface area contributed by atoms with Crippen LogP contribution in [0.3, 0.4) is 0 Å². The van der Waals surface area contributed by atoms with Crippen LogP contribution >= 0.6 is 0 Å². The van der Waals surface area contributed by atoms with Crippen molar-refractivity contribution in [1.82, 2.24) is 9.38 Å². The number of anilines is 1. The molecule has 1 unspecified atom stereocenters. The average Bonchev–Trinajstić information content (AvgIpc) is 2.91. The molecule has 1 aromatic carbocycles. The number of carbonyl (C=O) groups excluding carboxylic acids is 1. The smallest absolute Gasteiger partial charge is 0.368 e. The molecular weight excluding hydrogens is 298 g/mol. The second-order valence-electron chi connectivity index (χ2n) is 4.86. The van der Waals surface area contributed by atoms with Crippen molar-refractivity contribution in [2.24, 2.45) is 5.73 Å². The molecule has 116 valence electrons. The molecule has 0 fully saturated rings.